The van der Waals surface area contributed by atoms with E-state index in [9.17, 15) is 9.90 Å². The van der Waals surface area contributed by atoms with Gasteiger partial charge in [0.2, 0.25) is 0 Å². The third-order valence-corrected chi connectivity index (χ3v) is 5.46. The summed E-state index contributed by atoms with van der Waals surface area (Å²) in [5, 5.41) is 10.5. The van der Waals surface area contributed by atoms with Gasteiger partial charge in [-0.2, -0.15) is 0 Å². The molecule has 5 nitrogen and oxygen atoms in total. The number of nitrogens with zero attached hydrogens (tertiary/aromatic N) is 2. The number of benzene rings is 2. The summed E-state index contributed by atoms with van der Waals surface area (Å²) < 4.78 is 5.31. The van der Waals surface area contributed by atoms with Gasteiger partial charge in [-0.1, -0.05) is 24.3 Å². The molecule has 1 N–H and O–H groups in total. The number of rotatable bonds is 3. The Morgan fingerprint density at radius 1 is 1.23 bits per heavy atom. The van der Waals surface area contributed by atoms with Crippen molar-refractivity contribution in [1.29, 1.82) is 0 Å². The second kappa shape index (κ2) is 6.53. The average Bonchev–Trinajstić information content (AvgIpc) is 2.99. The molecular formula is C20H18N2O3S. The summed E-state index contributed by atoms with van der Waals surface area (Å²) >= 11 is 1.59. The molecule has 2 aromatic carbocycles. The van der Waals surface area contributed by atoms with Gasteiger partial charge in [0.1, 0.15) is 5.75 Å². The van der Waals surface area contributed by atoms with Crippen molar-refractivity contribution in [2.45, 2.75) is 24.8 Å². The van der Waals surface area contributed by atoms with Gasteiger partial charge < -0.3 is 14.7 Å². The Morgan fingerprint density at radius 3 is 2.69 bits per heavy atom. The van der Waals surface area contributed by atoms with Crippen molar-refractivity contribution in [2.24, 2.45) is 4.99 Å². The third kappa shape index (κ3) is 2.66. The number of para-hydroxylation sites is 1. The Bertz CT molecular complexity index is 934. The number of phenols is 1. The smallest absolute Gasteiger partial charge is 0.338 e. The molecule has 2 aromatic rings. The number of allylic oxidation sites excluding steroid dienone is 1. The number of fused-ring (bicyclic) bond motifs is 3. The summed E-state index contributed by atoms with van der Waals surface area (Å²) in [5.74, 6) is -0.173. The molecule has 0 fully saturated rings. The minimum absolute atomic E-state index is 0.188. The van der Waals surface area contributed by atoms with Gasteiger partial charge in [0.15, 0.2) is 5.17 Å². The van der Waals surface area contributed by atoms with E-state index in [1.165, 1.54) is 0 Å². The van der Waals surface area contributed by atoms with Crippen molar-refractivity contribution < 1.29 is 14.6 Å². The molecular weight excluding hydrogens is 348 g/mol. The summed E-state index contributed by atoms with van der Waals surface area (Å²) in [6, 6.07) is 14.6. The number of hydrogen-bond donors (Lipinski definition) is 1. The van der Waals surface area contributed by atoms with E-state index in [1.54, 1.807) is 30.8 Å². The van der Waals surface area contributed by atoms with Crippen molar-refractivity contribution in [1.82, 2.24) is 0 Å². The Morgan fingerprint density at radius 2 is 1.96 bits per heavy atom. The highest BCUT2D eigenvalue weighted by atomic mass is 32.2. The quantitative estimate of drug-likeness (QED) is 0.823. The summed E-state index contributed by atoms with van der Waals surface area (Å²) in [7, 11) is 0. The van der Waals surface area contributed by atoms with Crippen LogP contribution in [0.5, 0.6) is 5.75 Å². The van der Waals surface area contributed by atoms with Crippen LogP contribution in [-0.4, -0.2) is 22.9 Å². The molecule has 0 radical (unpaired) electrons. The van der Waals surface area contributed by atoms with Gasteiger partial charge in [0, 0.05) is 4.90 Å². The first-order chi connectivity index (χ1) is 12.6. The topological polar surface area (TPSA) is 62.1 Å². The molecule has 0 spiro atoms. The van der Waals surface area contributed by atoms with Crippen LogP contribution in [-0.2, 0) is 9.53 Å². The molecule has 0 saturated carbocycles. The van der Waals surface area contributed by atoms with E-state index >= 15 is 0 Å². The molecule has 0 bridgehead atoms. The lowest BCUT2D eigenvalue weighted by Crippen LogP contribution is -2.37. The lowest BCUT2D eigenvalue weighted by Gasteiger charge is -2.34. The van der Waals surface area contributed by atoms with Gasteiger partial charge >= 0.3 is 5.97 Å². The zero-order chi connectivity index (χ0) is 18.3. The Balaban J connectivity index is 1.90. The van der Waals surface area contributed by atoms with Crippen LogP contribution in [0.1, 0.15) is 25.5 Å². The normalized spacial score (nSPS) is 18.3. The first kappa shape index (κ1) is 16.7. The molecule has 0 aromatic heterocycles. The molecule has 0 saturated heterocycles. The van der Waals surface area contributed by atoms with E-state index in [0.717, 1.165) is 21.3 Å². The third-order valence-electron chi connectivity index (χ3n) is 4.42. The molecule has 0 aliphatic carbocycles. The summed E-state index contributed by atoms with van der Waals surface area (Å²) in [4.78, 5) is 20.6. The number of phenolic OH excluding ortho intramolecular Hbond substituents is 1. The molecule has 1 atom stereocenters. The lowest BCUT2D eigenvalue weighted by molar-refractivity contribution is -0.138. The van der Waals surface area contributed by atoms with Gasteiger partial charge in [0.05, 0.1) is 29.6 Å². The summed E-state index contributed by atoms with van der Waals surface area (Å²) in [5.41, 5.74) is 3.10. The van der Waals surface area contributed by atoms with Crippen LogP contribution in [0.15, 0.2) is 69.7 Å². The van der Waals surface area contributed by atoms with Crippen LogP contribution >= 0.6 is 11.8 Å². The average molecular weight is 366 g/mol. The number of thioether (sulfide) groups is 1. The predicted octanol–water partition coefficient (Wildman–Crippen LogP) is 4.25. The minimum atomic E-state index is -0.361. The largest absolute Gasteiger partial charge is 0.508 e. The first-order valence-corrected chi connectivity index (χ1v) is 9.23. The SMILES string of the molecule is CCOC(=O)C1=C(C)N=C2Sc3ccccc3N2C1c1ccc(O)cc1. The van der Waals surface area contributed by atoms with E-state index in [-0.39, 0.29) is 17.8 Å². The fraction of sp³-hybridized carbons (Fsp3) is 0.200. The van der Waals surface area contributed by atoms with Crippen molar-refractivity contribution in [3.63, 3.8) is 0 Å². The number of hydrogen-bond acceptors (Lipinski definition) is 6. The molecule has 2 heterocycles. The Hall–Kier alpha value is -2.73. The second-order valence-electron chi connectivity index (χ2n) is 6.05. The van der Waals surface area contributed by atoms with Crippen LogP contribution in [0.2, 0.25) is 0 Å². The Kier molecular flexibility index (Phi) is 4.20. The molecule has 2 aliphatic heterocycles. The standard InChI is InChI=1S/C20H18N2O3S/c1-3-25-19(24)17-12(2)21-20-22(15-6-4-5-7-16(15)26-20)18(17)13-8-10-14(23)11-9-13/h4-11,18,23H,3H2,1-2H3. The lowest BCUT2D eigenvalue weighted by atomic mass is 9.94. The van der Waals surface area contributed by atoms with Crippen LogP contribution in [0.4, 0.5) is 5.69 Å². The molecule has 4 rings (SSSR count). The summed E-state index contributed by atoms with van der Waals surface area (Å²) in [6.45, 7) is 3.94. The van der Waals surface area contributed by atoms with Crippen LogP contribution in [0.25, 0.3) is 0 Å². The number of carbonyl (C=O) groups excluding carboxylic acids is 1. The maximum Gasteiger partial charge on any atom is 0.338 e. The first-order valence-electron chi connectivity index (χ1n) is 8.41. The number of ether oxygens (including phenoxy) is 1. The molecule has 1 unspecified atom stereocenters. The molecule has 132 valence electrons. The number of aromatic hydroxyl groups is 1. The van der Waals surface area contributed by atoms with E-state index in [0.29, 0.717) is 17.9 Å². The number of esters is 1. The van der Waals surface area contributed by atoms with E-state index < -0.39 is 0 Å². The summed E-state index contributed by atoms with van der Waals surface area (Å²) in [6.07, 6.45) is 0. The highest BCUT2D eigenvalue weighted by Gasteiger charge is 2.41. The number of aliphatic imine (C=N–C) groups is 1. The number of anilines is 1. The zero-order valence-corrected chi connectivity index (χ0v) is 15.3. The van der Waals surface area contributed by atoms with Crippen molar-refractivity contribution in [2.75, 3.05) is 11.5 Å². The molecule has 26 heavy (non-hydrogen) atoms. The van der Waals surface area contributed by atoms with Crippen molar-refractivity contribution in [3.8, 4) is 5.75 Å². The monoisotopic (exact) mass is 366 g/mol. The zero-order valence-electron chi connectivity index (χ0n) is 14.5. The van der Waals surface area contributed by atoms with Gasteiger partial charge in [-0.25, -0.2) is 9.79 Å². The second-order valence-corrected chi connectivity index (χ2v) is 7.06. The van der Waals surface area contributed by atoms with Gasteiger partial charge in [-0.3, -0.25) is 0 Å². The molecule has 2 aliphatic rings. The van der Waals surface area contributed by atoms with Gasteiger partial charge in [-0.05, 0) is 55.4 Å². The highest BCUT2D eigenvalue weighted by Crippen LogP contribution is 2.49. The molecule has 6 heteroatoms. The van der Waals surface area contributed by atoms with Gasteiger partial charge in [0.25, 0.3) is 0 Å². The van der Waals surface area contributed by atoms with E-state index in [4.69, 9.17) is 4.74 Å². The van der Waals surface area contributed by atoms with Crippen LogP contribution in [0.3, 0.4) is 0 Å². The maximum atomic E-state index is 12.7. The Labute approximate surface area is 156 Å². The van der Waals surface area contributed by atoms with Gasteiger partial charge in [-0.15, -0.1) is 0 Å². The van der Waals surface area contributed by atoms with Crippen molar-refractivity contribution in [3.05, 3.63) is 65.4 Å². The van der Waals surface area contributed by atoms with E-state index in [1.807, 2.05) is 43.3 Å². The van der Waals surface area contributed by atoms with Crippen molar-refractivity contribution >= 4 is 28.6 Å². The maximum absolute atomic E-state index is 12.7. The molecule has 0 amide bonds. The van der Waals surface area contributed by atoms with Crippen LogP contribution in [0, 0.1) is 0 Å². The number of carbonyl (C=O) groups is 1. The fourth-order valence-electron chi connectivity index (χ4n) is 3.29. The van der Waals surface area contributed by atoms with E-state index in [2.05, 4.69) is 9.89 Å². The minimum Gasteiger partial charge on any atom is -0.508 e. The van der Waals surface area contributed by atoms with Crippen LogP contribution < -0.4 is 4.90 Å². The highest BCUT2D eigenvalue weighted by molar-refractivity contribution is 8.14. The predicted molar refractivity (Wildman–Crippen MR) is 102 cm³/mol. The number of amidine groups is 1. The fourth-order valence-corrected chi connectivity index (χ4v) is 4.39.